The number of amides is 1. The van der Waals surface area contributed by atoms with E-state index >= 15 is 0 Å². The quantitative estimate of drug-likeness (QED) is 0.861. The van der Waals surface area contributed by atoms with Gasteiger partial charge in [-0.05, 0) is 19.1 Å². The third-order valence-corrected chi connectivity index (χ3v) is 3.44. The number of rotatable bonds is 4. The minimum absolute atomic E-state index is 0.143. The highest BCUT2D eigenvalue weighted by molar-refractivity contribution is 6.33. The Morgan fingerprint density at radius 3 is 2.52 bits per heavy atom. The molecule has 1 N–H and O–H groups in total. The molecule has 8 heteroatoms. The summed E-state index contributed by atoms with van der Waals surface area (Å²) in [6.45, 7) is 1.49. The van der Waals surface area contributed by atoms with Crippen molar-refractivity contribution in [1.82, 2.24) is 4.90 Å². The van der Waals surface area contributed by atoms with Gasteiger partial charge in [-0.3, -0.25) is 4.79 Å². The lowest BCUT2D eigenvalue weighted by molar-refractivity contribution is -0.159. The summed E-state index contributed by atoms with van der Waals surface area (Å²) in [4.78, 5) is 23.9. The van der Waals surface area contributed by atoms with E-state index in [0.717, 1.165) is 12.1 Å². The molecule has 0 spiro atoms. The van der Waals surface area contributed by atoms with Crippen molar-refractivity contribution in [2.75, 3.05) is 19.7 Å². The van der Waals surface area contributed by atoms with Crippen molar-refractivity contribution in [2.24, 2.45) is 0 Å². The molecular weight excluding hydrogens is 308 g/mol. The number of nitrogens with zero attached hydrogens (tertiary/aromatic N) is 1. The van der Waals surface area contributed by atoms with Gasteiger partial charge in [-0.2, -0.15) is 0 Å². The Kier molecular flexibility index (Phi) is 4.15. The molecule has 1 heterocycles. The fourth-order valence-electron chi connectivity index (χ4n) is 2.09. The fraction of sp³-hybridized carbons (Fsp3) is 0.385. The summed E-state index contributed by atoms with van der Waals surface area (Å²) in [6, 6.07) is 1.48. The molecule has 1 aliphatic rings. The predicted octanol–water partition coefficient (Wildman–Crippen LogP) is 1.93. The van der Waals surface area contributed by atoms with Crippen molar-refractivity contribution in [3.63, 3.8) is 0 Å². The molecule has 1 aliphatic heterocycles. The highest BCUT2D eigenvalue weighted by Gasteiger charge is 2.43. The van der Waals surface area contributed by atoms with Crippen LogP contribution in [-0.2, 0) is 9.53 Å². The lowest BCUT2D eigenvalue weighted by Gasteiger charge is -2.47. The van der Waals surface area contributed by atoms with Gasteiger partial charge in [0, 0.05) is 0 Å². The molecule has 1 saturated heterocycles. The van der Waals surface area contributed by atoms with Crippen molar-refractivity contribution in [3.8, 4) is 0 Å². The summed E-state index contributed by atoms with van der Waals surface area (Å²) in [6.07, 6.45) is 0. The molecule has 0 aromatic heterocycles. The molecule has 1 aromatic rings. The Labute approximate surface area is 124 Å². The number of hydrogen-bond acceptors (Lipinski definition) is 3. The van der Waals surface area contributed by atoms with Crippen LogP contribution < -0.4 is 0 Å². The van der Waals surface area contributed by atoms with Crippen LogP contribution in [0.4, 0.5) is 8.78 Å². The van der Waals surface area contributed by atoms with Gasteiger partial charge in [-0.25, -0.2) is 13.6 Å². The molecule has 21 heavy (non-hydrogen) atoms. The predicted molar refractivity (Wildman–Crippen MR) is 69.3 cm³/mol. The van der Waals surface area contributed by atoms with Gasteiger partial charge in [0.25, 0.3) is 5.91 Å². The zero-order valence-electron chi connectivity index (χ0n) is 11.0. The van der Waals surface area contributed by atoms with Crippen LogP contribution in [0.2, 0.25) is 5.02 Å². The molecule has 0 aliphatic carbocycles. The van der Waals surface area contributed by atoms with Gasteiger partial charge >= 0.3 is 5.97 Å². The van der Waals surface area contributed by atoms with Crippen molar-refractivity contribution >= 4 is 23.5 Å². The maximum Gasteiger partial charge on any atom is 0.329 e. The SMILES string of the molecule is CC1(OCC(=O)O)CN(C(=O)c2cc(F)c(F)cc2Cl)C1. The van der Waals surface area contributed by atoms with E-state index in [0.29, 0.717) is 0 Å². The maximum absolute atomic E-state index is 13.2. The monoisotopic (exact) mass is 319 g/mol. The number of carboxylic acids is 1. The van der Waals surface area contributed by atoms with E-state index in [-0.39, 0.29) is 23.7 Å². The number of carbonyl (C=O) groups excluding carboxylic acids is 1. The normalized spacial score (nSPS) is 16.5. The lowest BCUT2D eigenvalue weighted by Crippen LogP contribution is -2.63. The molecular formula is C13H12ClF2NO4. The van der Waals surface area contributed by atoms with E-state index in [9.17, 15) is 18.4 Å². The first-order valence-electron chi connectivity index (χ1n) is 6.01. The second kappa shape index (κ2) is 5.57. The molecule has 1 amide bonds. The number of aliphatic carboxylic acids is 1. The Bertz CT molecular complexity index is 602. The second-order valence-corrected chi connectivity index (χ2v) is 5.45. The summed E-state index contributed by atoms with van der Waals surface area (Å²) in [5.41, 5.74) is -0.908. The first-order valence-corrected chi connectivity index (χ1v) is 6.39. The number of hydrogen-bond donors (Lipinski definition) is 1. The number of carboxylic acid groups (broad SMARTS) is 1. The van der Waals surface area contributed by atoms with E-state index in [1.807, 2.05) is 0 Å². The highest BCUT2D eigenvalue weighted by atomic mass is 35.5. The van der Waals surface area contributed by atoms with Gasteiger partial charge < -0.3 is 14.7 Å². The highest BCUT2D eigenvalue weighted by Crippen LogP contribution is 2.29. The number of halogens is 3. The Morgan fingerprint density at radius 2 is 1.95 bits per heavy atom. The number of benzene rings is 1. The summed E-state index contributed by atoms with van der Waals surface area (Å²) in [5.74, 6) is -3.96. The average molecular weight is 320 g/mol. The van der Waals surface area contributed by atoms with E-state index in [4.69, 9.17) is 21.4 Å². The van der Waals surface area contributed by atoms with Gasteiger partial charge in [0.15, 0.2) is 11.6 Å². The lowest BCUT2D eigenvalue weighted by atomic mass is 9.95. The Hall–Kier alpha value is -1.73. The standard InChI is InChI=1S/C13H12ClF2NO4/c1-13(21-4-11(18)19)5-17(6-13)12(20)7-2-9(15)10(16)3-8(7)14/h2-3H,4-6H2,1H3,(H,18,19). The van der Waals surface area contributed by atoms with Crippen LogP contribution >= 0.6 is 11.6 Å². The molecule has 1 aromatic carbocycles. The van der Waals surface area contributed by atoms with E-state index in [1.54, 1.807) is 6.92 Å². The van der Waals surface area contributed by atoms with Crippen LogP contribution in [0.15, 0.2) is 12.1 Å². The molecule has 0 radical (unpaired) electrons. The molecule has 1 fully saturated rings. The first-order chi connectivity index (χ1) is 9.72. The first kappa shape index (κ1) is 15.7. The van der Waals surface area contributed by atoms with Gasteiger partial charge in [0.05, 0.1) is 23.7 Å². The number of carbonyl (C=O) groups is 2. The smallest absolute Gasteiger partial charge is 0.329 e. The summed E-state index contributed by atoms with van der Waals surface area (Å²) in [5, 5.41) is 8.36. The average Bonchev–Trinajstić information content (AvgIpc) is 2.36. The third-order valence-electron chi connectivity index (χ3n) is 3.12. The minimum Gasteiger partial charge on any atom is -0.480 e. The summed E-state index contributed by atoms with van der Waals surface area (Å²) >= 11 is 5.73. The van der Waals surface area contributed by atoms with Crippen LogP contribution in [-0.4, -0.2) is 47.2 Å². The molecule has 0 saturated carbocycles. The van der Waals surface area contributed by atoms with Crippen LogP contribution in [0.3, 0.4) is 0 Å². The van der Waals surface area contributed by atoms with Crippen LogP contribution in [0.1, 0.15) is 17.3 Å². The molecule has 114 valence electrons. The van der Waals surface area contributed by atoms with Crippen molar-refractivity contribution in [3.05, 3.63) is 34.4 Å². The Morgan fingerprint density at radius 1 is 1.38 bits per heavy atom. The second-order valence-electron chi connectivity index (χ2n) is 5.04. The maximum atomic E-state index is 13.2. The van der Waals surface area contributed by atoms with Crippen LogP contribution in [0.25, 0.3) is 0 Å². The minimum atomic E-state index is -1.16. The van der Waals surface area contributed by atoms with Crippen molar-refractivity contribution < 1.29 is 28.2 Å². The van der Waals surface area contributed by atoms with Gasteiger partial charge in [-0.1, -0.05) is 11.6 Å². The van der Waals surface area contributed by atoms with Gasteiger partial charge in [-0.15, -0.1) is 0 Å². The van der Waals surface area contributed by atoms with Gasteiger partial charge in [0.1, 0.15) is 12.2 Å². The largest absolute Gasteiger partial charge is 0.480 e. The van der Waals surface area contributed by atoms with E-state index in [1.165, 1.54) is 4.90 Å². The molecule has 0 bridgehead atoms. The summed E-state index contributed by atoms with van der Waals surface area (Å²) < 4.78 is 31.3. The van der Waals surface area contributed by atoms with Crippen LogP contribution in [0.5, 0.6) is 0 Å². The number of ether oxygens (including phenoxy) is 1. The summed E-state index contributed by atoms with van der Waals surface area (Å²) in [7, 11) is 0. The molecule has 5 nitrogen and oxygen atoms in total. The molecule has 0 unspecified atom stereocenters. The Balaban J connectivity index is 2.04. The third kappa shape index (κ3) is 3.30. The van der Waals surface area contributed by atoms with Gasteiger partial charge in [0.2, 0.25) is 0 Å². The zero-order chi connectivity index (χ0) is 15.8. The van der Waals surface area contributed by atoms with Crippen molar-refractivity contribution in [1.29, 1.82) is 0 Å². The number of likely N-dealkylation sites (tertiary alicyclic amines) is 1. The topological polar surface area (TPSA) is 66.8 Å². The van der Waals surface area contributed by atoms with Crippen LogP contribution in [0, 0.1) is 11.6 Å². The zero-order valence-corrected chi connectivity index (χ0v) is 11.8. The molecule has 0 atom stereocenters. The fourth-order valence-corrected chi connectivity index (χ4v) is 2.32. The van der Waals surface area contributed by atoms with E-state index < -0.39 is 35.7 Å². The van der Waals surface area contributed by atoms with E-state index in [2.05, 4.69) is 0 Å². The molecule has 2 rings (SSSR count). The van der Waals surface area contributed by atoms with Crippen molar-refractivity contribution in [2.45, 2.75) is 12.5 Å².